The van der Waals surface area contributed by atoms with E-state index in [0.29, 0.717) is 0 Å². The zero-order chi connectivity index (χ0) is 43.2. The number of nitrogens with one attached hydrogen (secondary N) is 2. The zero-order valence-corrected chi connectivity index (χ0v) is 37.5. The van der Waals surface area contributed by atoms with Crippen molar-refractivity contribution in [3.05, 3.63) is 157 Å². The Morgan fingerprint density at radius 1 is 0.533 bits per heavy atom. The van der Waals surface area contributed by atoms with Crippen LogP contribution in [0.4, 0.5) is 0 Å². The van der Waals surface area contributed by atoms with Gasteiger partial charge >= 0.3 is 0 Å². The van der Waals surface area contributed by atoms with Crippen LogP contribution in [0.2, 0.25) is 10.1 Å². The molecule has 0 aliphatic carbocycles. The van der Waals surface area contributed by atoms with E-state index in [1.807, 2.05) is 152 Å². The molecule has 0 saturated heterocycles. The lowest BCUT2D eigenvalue weighted by Gasteiger charge is -2.43. The summed E-state index contributed by atoms with van der Waals surface area (Å²) in [5, 5.41) is 35.6. The SMILES string of the molecule is CC(C)(C)[Si](OC[C@@H](O)C(=O)NCC(CNC(=O)[C@H](O)CO[Si](c1ccccc1)(c1ccccc1)C(C)(C)C)=NOCc1ccccc1)(c1ccccc1)c1ccccc1. The fourth-order valence-corrected chi connectivity index (χ4v) is 16.7. The van der Waals surface area contributed by atoms with Crippen LogP contribution in [-0.2, 0) is 29.9 Å². The summed E-state index contributed by atoms with van der Waals surface area (Å²) >= 11 is 0. The molecule has 0 heterocycles. The van der Waals surface area contributed by atoms with Crippen LogP contribution in [-0.4, -0.2) is 82.9 Å². The van der Waals surface area contributed by atoms with E-state index < -0.39 is 40.7 Å². The van der Waals surface area contributed by atoms with Gasteiger partial charge in [0.15, 0.2) is 12.2 Å². The minimum Gasteiger partial charge on any atom is -0.404 e. The highest BCUT2D eigenvalue weighted by atomic mass is 28.4. The lowest BCUT2D eigenvalue weighted by Crippen LogP contribution is -2.67. The molecule has 10 nitrogen and oxygen atoms in total. The van der Waals surface area contributed by atoms with Crippen LogP contribution in [0.3, 0.4) is 0 Å². The van der Waals surface area contributed by atoms with Gasteiger partial charge in [-0.1, -0.05) is 198 Å². The summed E-state index contributed by atoms with van der Waals surface area (Å²) in [5.74, 6) is -1.34. The van der Waals surface area contributed by atoms with Crippen LogP contribution in [0.25, 0.3) is 0 Å². The van der Waals surface area contributed by atoms with E-state index in [4.69, 9.17) is 13.7 Å². The van der Waals surface area contributed by atoms with Gasteiger partial charge in [-0.05, 0) is 36.4 Å². The Morgan fingerprint density at radius 2 is 0.833 bits per heavy atom. The topological polar surface area (TPSA) is 139 Å². The minimum absolute atomic E-state index is 0.149. The number of carbonyl (C=O) groups is 2. The van der Waals surface area contributed by atoms with Crippen molar-refractivity contribution in [1.82, 2.24) is 10.6 Å². The Hall–Kier alpha value is -5.22. The molecule has 0 spiro atoms. The molecule has 0 fully saturated rings. The van der Waals surface area contributed by atoms with Gasteiger partial charge in [-0.2, -0.15) is 0 Å². The van der Waals surface area contributed by atoms with Gasteiger partial charge < -0.3 is 34.5 Å². The van der Waals surface area contributed by atoms with Crippen LogP contribution in [0.15, 0.2) is 157 Å². The number of hydrogen-bond donors (Lipinski definition) is 4. The Bertz CT molecular complexity index is 1910. The molecule has 0 aliphatic heterocycles. The Morgan fingerprint density at radius 3 is 1.13 bits per heavy atom. The normalized spacial score (nSPS) is 13.1. The predicted molar refractivity (Wildman–Crippen MR) is 244 cm³/mol. The van der Waals surface area contributed by atoms with Crippen LogP contribution in [0.1, 0.15) is 47.1 Å². The quantitative estimate of drug-likeness (QED) is 0.0539. The van der Waals surface area contributed by atoms with Gasteiger partial charge in [-0.15, -0.1) is 0 Å². The molecule has 316 valence electrons. The minimum atomic E-state index is -3.02. The highest BCUT2D eigenvalue weighted by Gasteiger charge is 2.51. The number of rotatable bonds is 19. The van der Waals surface area contributed by atoms with E-state index in [9.17, 15) is 19.8 Å². The van der Waals surface area contributed by atoms with Crippen molar-refractivity contribution < 1.29 is 33.5 Å². The molecule has 5 aromatic carbocycles. The van der Waals surface area contributed by atoms with Crippen molar-refractivity contribution in [2.75, 3.05) is 26.3 Å². The number of hydrogen-bond acceptors (Lipinski definition) is 8. The van der Waals surface area contributed by atoms with Gasteiger partial charge in [-0.25, -0.2) is 0 Å². The molecule has 5 aromatic rings. The van der Waals surface area contributed by atoms with E-state index in [-0.39, 0.29) is 48.7 Å². The predicted octanol–water partition coefficient (Wildman–Crippen LogP) is 4.67. The van der Waals surface area contributed by atoms with Crippen molar-refractivity contribution >= 4 is 54.9 Å². The summed E-state index contributed by atoms with van der Waals surface area (Å²) < 4.78 is 13.6. The van der Waals surface area contributed by atoms with Gasteiger partial charge in [0.05, 0.1) is 32.0 Å². The van der Waals surface area contributed by atoms with E-state index >= 15 is 0 Å². The second-order valence-corrected chi connectivity index (χ2v) is 25.4. The summed E-state index contributed by atoms with van der Waals surface area (Å²) in [4.78, 5) is 32.6. The summed E-state index contributed by atoms with van der Waals surface area (Å²) in [6, 6.07) is 49.4. The number of aliphatic hydroxyl groups excluding tert-OH is 2. The lowest BCUT2D eigenvalue weighted by atomic mass is 10.2. The van der Waals surface area contributed by atoms with E-state index in [1.165, 1.54) is 0 Å². The van der Waals surface area contributed by atoms with E-state index in [1.54, 1.807) is 0 Å². The van der Waals surface area contributed by atoms with Gasteiger partial charge in [-0.3, -0.25) is 9.59 Å². The third kappa shape index (κ3) is 11.1. The molecule has 0 aromatic heterocycles. The number of oxime groups is 1. The van der Waals surface area contributed by atoms with Crippen molar-refractivity contribution in [2.45, 2.75) is 70.4 Å². The first kappa shape index (κ1) is 45.9. The van der Waals surface area contributed by atoms with Crippen molar-refractivity contribution in [2.24, 2.45) is 5.16 Å². The Labute approximate surface area is 356 Å². The monoisotopic (exact) mass is 845 g/mol. The molecule has 0 saturated carbocycles. The van der Waals surface area contributed by atoms with E-state index in [0.717, 1.165) is 26.3 Å². The third-order valence-corrected chi connectivity index (χ3v) is 20.6. The highest BCUT2D eigenvalue weighted by molar-refractivity contribution is 7.00. The maximum Gasteiger partial charge on any atom is 0.261 e. The third-order valence-electron chi connectivity index (χ3n) is 10.6. The molecular formula is C48H59N3O7Si2. The Balaban J connectivity index is 1.27. The molecule has 5 rings (SSSR count). The average molecular weight is 846 g/mol. The number of amides is 2. The molecule has 0 radical (unpaired) electrons. The molecule has 0 bridgehead atoms. The summed E-state index contributed by atoms with van der Waals surface area (Å²) in [7, 11) is -6.04. The highest BCUT2D eigenvalue weighted by Crippen LogP contribution is 2.38. The van der Waals surface area contributed by atoms with Crippen LogP contribution < -0.4 is 31.4 Å². The zero-order valence-electron chi connectivity index (χ0n) is 35.5. The molecule has 2 amide bonds. The molecule has 60 heavy (non-hydrogen) atoms. The molecular weight excluding hydrogens is 787 g/mol. The first-order valence-electron chi connectivity index (χ1n) is 20.3. The standard InChI is InChI=1S/C48H59N3O7Si2/c1-47(2,3)59(39-24-14-8-15-25-39,40-26-16-9-17-27-40)57-35-43(52)45(54)49-32-38(51-56-34-37-22-12-7-13-23-37)33-50-46(55)44(53)36-58-60(48(4,5)6,41-28-18-10-19-29-41)42-30-20-11-21-31-42/h7-31,43-44,52-53H,32-36H2,1-6H3,(H,49,54)(H,50,55)/t43-,44-/m1/s1. The number of nitrogens with zero attached hydrogens (tertiary/aromatic N) is 1. The summed E-state index contributed by atoms with van der Waals surface area (Å²) in [6.07, 6.45) is -3.01. The van der Waals surface area contributed by atoms with E-state index in [2.05, 4.69) is 57.3 Å². The molecule has 0 aliphatic rings. The van der Waals surface area contributed by atoms with Crippen LogP contribution in [0.5, 0.6) is 0 Å². The molecule has 0 unspecified atom stereocenters. The van der Waals surface area contributed by atoms with Crippen molar-refractivity contribution in [3.63, 3.8) is 0 Å². The van der Waals surface area contributed by atoms with Gasteiger partial charge in [0, 0.05) is 0 Å². The number of aliphatic hydroxyl groups is 2. The van der Waals surface area contributed by atoms with Crippen molar-refractivity contribution in [1.29, 1.82) is 0 Å². The molecule has 12 heteroatoms. The van der Waals surface area contributed by atoms with Gasteiger partial charge in [0.1, 0.15) is 6.61 Å². The number of benzene rings is 5. The number of carbonyl (C=O) groups excluding carboxylic acids is 2. The van der Waals surface area contributed by atoms with Crippen LogP contribution >= 0.6 is 0 Å². The Kier molecular flexibility index (Phi) is 15.9. The lowest BCUT2D eigenvalue weighted by molar-refractivity contribution is -0.131. The fourth-order valence-electron chi connectivity index (χ4n) is 7.60. The summed E-state index contributed by atoms with van der Waals surface area (Å²) in [6.45, 7) is 12.1. The maximum absolute atomic E-state index is 13.5. The maximum atomic E-state index is 13.5. The van der Waals surface area contributed by atoms with Gasteiger partial charge in [0.2, 0.25) is 0 Å². The smallest absolute Gasteiger partial charge is 0.261 e. The molecule has 4 N–H and O–H groups in total. The average Bonchev–Trinajstić information content (AvgIpc) is 3.25. The van der Waals surface area contributed by atoms with Crippen molar-refractivity contribution in [3.8, 4) is 0 Å². The van der Waals surface area contributed by atoms with Gasteiger partial charge in [0.25, 0.3) is 28.4 Å². The molecule has 2 atom stereocenters. The first-order chi connectivity index (χ1) is 28.7. The first-order valence-corrected chi connectivity index (χ1v) is 24.1. The largest absolute Gasteiger partial charge is 0.404 e. The fraction of sp³-hybridized carbons (Fsp3) is 0.312. The summed E-state index contributed by atoms with van der Waals surface area (Å²) in [5.41, 5.74) is 1.13. The second-order valence-electron chi connectivity index (χ2n) is 16.8. The second kappa shape index (κ2) is 20.8. The van der Waals surface area contributed by atoms with Crippen LogP contribution in [0, 0.1) is 0 Å².